The summed E-state index contributed by atoms with van der Waals surface area (Å²) in [6.45, 7) is 16.4. The van der Waals surface area contributed by atoms with E-state index < -0.39 is 64.9 Å². The lowest BCUT2D eigenvalue weighted by Crippen LogP contribution is -2.53. The van der Waals surface area contributed by atoms with Gasteiger partial charge in [-0.05, 0) is 145 Å². The molecule has 0 saturated heterocycles. The molecule has 0 aromatic carbocycles. The van der Waals surface area contributed by atoms with E-state index in [1.807, 2.05) is 0 Å². The summed E-state index contributed by atoms with van der Waals surface area (Å²) < 4.78 is 16.4. The summed E-state index contributed by atoms with van der Waals surface area (Å²) in [6.07, 6.45) is 5.32. The molecule has 9 N–H and O–H groups in total. The predicted octanol–water partition coefficient (Wildman–Crippen LogP) is 3.20. The van der Waals surface area contributed by atoms with Gasteiger partial charge < -0.3 is 52.3 Å². The maximum atomic E-state index is 13.3. The van der Waals surface area contributed by atoms with Crippen molar-refractivity contribution in [3.05, 3.63) is 0 Å². The normalized spacial score (nSPS) is 17.6. The van der Waals surface area contributed by atoms with E-state index in [4.69, 9.17) is 25.7 Å². The van der Waals surface area contributed by atoms with Crippen molar-refractivity contribution in [1.82, 2.24) is 26.6 Å². The number of nitrogens with two attached hydrogens (primary N) is 2. The lowest BCUT2D eigenvalue weighted by atomic mass is 9.81. The second-order valence-electron chi connectivity index (χ2n) is 17.5. The fraction of sp³-hybridized carbons (Fsp3) is 0.821. The van der Waals surface area contributed by atoms with Gasteiger partial charge in [-0.25, -0.2) is 19.2 Å². The number of carbonyl (C=O) groups excluding carboxylic acids is 7. The zero-order chi connectivity index (χ0) is 42.7. The number of hydrogen-bond donors (Lipinski definition) is 7. The highest BCUT2D eigenvalue weighted by atomic mass is 16.6. The molecule has 0 radical (unpaired) electrons. The van der Waals surface area contributed by atoms with Crippen LogP contribution >= 0.6 is 0 Å². The average Bonchev–Trinajstić information content (AvgIpc) is 3.06. The third kappa shape index (κ3) is 23.0. The average molecular weight is 798 g/mol. The lowest BCUT2D eigenvalue weighted by molar-refractivity contribution is -0.159. The highest BCUT2D eigenvalue weighted by Gasteiger charge is 2.32. The van der Waals surface area contributed by atoms with Crippen LogP contribution in [0.1, 0.15) is 139 Å². The maximum Gasteiger partial charge on any atom is 0.329 e. The van der Waals surface area contributed by atoms with Crippen LogP contribution in [-0.4, -0.2) is 96.3 Å². The minimum Gasteiger partial charge on any atom is -0.460 e. The predicted molar refractivity (Wildman–Crippen MR) is 211 cm³/mol. The van der Waals surface area contributed by atoms with Gasteiger partial charge in [-0.3, -0.25) is 14.4 Å². The number of carbonyl (C=O) groups is 7. The molecule has 0 bridgehead atoms. The third-order valence-electron chi connectivity index (χ3n) is 8.67. The van der Waals surface area contributed by atoms with E-state index >= 15 is 0 Å². The monoisotopic (exact) mass is 798 g/mol. The van der Waals surface area contributed by atoms with Crippen LogP contribution in [0.3, 0.4) is 0 Å². The van der Waals surface area contributed by atoms with Gasteiger partial charge in [0, 0.05) is 25.4 Å². The molecule has 0 heterocycles. The summed E-state index contributed by atoms with van der Waals surface area (Å²) in [5.74, 6) is -2.30. The van der Waals surface area contributed by atoms with Crippen LogP contribution in [0.25, 0.3) is 0 Å². The number of primary amides is 1. The van der Waals surface area contributed by atoms with Crippen molar-refractivity contribution in [1.29, 1.82) is 0 Å². The molecule has 56 heavy (non-hydrogen) atoms. The van der Waals surface area contributed by atoms with Gasteiger partial charge in [0.25, 0.3) is 0 Å². The third-order valence-corrected chi connectivity index (χ3v) is 8.67. The van der Waals surface area contributed by atoms with Crippen LogP contribution in [0.5, 0.6) is 0 Å². The Morgan fingerprint density at radius 3 is 1.54 bits per heavy atom. The Balaban J connectivity index is 2.91. The molecule has 17 heteroatoms. The Morgan fingerprint density at radius 2 is 1.07 bits per heavy atom. The van der Waals surface area contributed by atoms with Gasteiger partial charge in [0.2, 0.25) is 11.8 Å². The van der Waals surface area contributed by atoms with Crippen molar-refractivity contribution in [2.75, 3.05) is 19.6 Å². The standard InChI is InChI=1S/C39H71N7O10/c1-37(2,3)54-30(47)21-20-29(34(51)56-39(7,8)9)46-36(53)45-28(33(50)55-38(4,5)6)15-11-12-22-42-32(49)27(14-10-13-23-43-35(41)52)44-31(48)26-18-16-25(24-40)17-19-26/h25-29H,10-24,40H2,1-9H3,(H,42,49)(H,44,48)(H3,41,43,52)(H2,45,46,53)/t25?,26?,27-,28-,29-/m0/s1. The van der Waals surface area contributed by atoms with E-state index in [9.17, 15) is 33.6 Å². The molecule has 1 aliphatic carbocycles. The fourth-order valence-electron chi connectivity index (χ4n) is 5.97. The molecular weight excluding hydrogens is 726 g/mol. The molecule has 1 rings (SSSR count). The second-order valence-corrected chi connectivity index (χ2v) is 17.5. The molecule has 0 unspecified atom stereocenters. The van der Waals surface area contributed by atoms with Crippen LogP contribution in [-0.2, 0) is 38.2 Å². The Hall–Kier alpha value is -4.15. The van der Waals surface area contributed by atoms with E-state index in [1.165, 1.54) is 0 Å². The van der Waals surface area contributed by atoms with Crippen molar-refractivity contribution >= 4 is 41.8 Å². The molecule has 1 fully saturated rings. The zero-order valence-corrected chi connectivity index (χ0v) is 35.2. The molecule has 1 saturated carbocycles. The first-order valence-corrected chi connectivity index (χ1v) is 19.9. The molecule has 3 atom stereocenters. The molecule has 0 aromatic heterocycles. The van der Waals surface area contributed by atoms with Crippen molar-refractivity contribution in [2.24, 2.45) is 23.3 Å². The SMILES string of the molecule is CC(C)(C)OC(=O)CC[C@H](NC(=O)N[C@@H](CCCCNC(=O)[C@H](CCCCNC(N)=O)NC(=O)C1CCC(CN)CC1)C(=O)OC(C)(C)C)C(=O)OC(C)(C)C. The summed E-state index contributed by atoms with van der Waals surface area (Å²) in [5, 5.41) is 13.5. The van der Waals surface area contributed by atoms with Gasteiger partial charge in [-0.1, -0.05) is 0 Å². The minimum absolute atomic E-state index is 0.102. The number of esters is 3. The molecule has 0 spiro atoms. The number of amides is 6. The van der Waals surface area contributed by atoms with E-state index in [0.717, 1.165) is 12.8 Å². The summed E-state index contributed by atoms with van der Waals surface area (Å²) in [5.41, 5.74) is 8.49. The number of nitrogens with one attached hydrogen (secondary N) is 5. The number of hydrogen-bond acceptors (Lipinski definition) is 11. The quantitative estimate of drug-likeness (QED) is 0.0504. The van der Waals surface area contributed by atoms with Crippen molar-refractivity contribution in [3.8, 4) is 0 Å². The van der Waals surface area contributed by atoms with Crippen LogP contribution in [0.15, 0.2) is 0 Å². The van der Waals surface area contributed by atoms with Gasteiger partial charge in [0.15, 0.2) is 0 Å². The first-order chi connectivity index (χ1) is 25.9. The molecule has 0 aromatic rings. The first-order valence-electron chi connectivity index (χ1n) is 19.9. The molecule has 17 nitrogen and oxygen atoms in total. The molecule has 322 valence electrons. The van der Waals surface area contributed by atoms with Crippen LogP contribution in [0, 0.1) is 11.8 Å². The molecule has 0 aliphatic heterocycles. The Labute approximate surface area is 333 Å². The second kappa shape index (κ2) is 23.8. The number of urea groups is 2. The Bertz CT molecular complexity index is 1300. The molecular formula is C39H71N7O10. The minimum atomic E-state index is -1.22. The summed E-state index contributed by atoms with van der Waals surface area (Å²) in [6, 6.07) is -4.58. The van der Waals surface area contributed by atoms with Crippen molar-refractivity contribution in [3.63, 3.8) is 0 Å². The highest BCUT2D eigenvalue weighted by Crippen LogP contribution is 2.28. The fourth-order valence-corrected chi connectivity index (χ4v) is 5.97. The number of rotatable bonds is 21. The van der Waals surface area contributed by atoms with E-state index in [2.05, 4.69) is 26.6 Å². The van der Waals surface area contributed by atoms with Gasteiger partial charge in [-0.15, -0.1) is 0 Å². The van der Waals surface area contributed by atoms with Gasteiger partial charge in [-0.2, -0.15) is 0 Å². The van der Waals surface area contributed by atoms with Gasteiger partial charge in [0.05, 0.1) is 0 Å². The van der Waals surface area contributed by atoms with Gasteiger partial charge >= 0.3 is 30.0 Å². The van der Waals surface area contributed by atoms with Crippen LogP contribution in [0.4, 0.5) is 9.59 Å². The van der Waals surface area contributed by atoms with Crippen molar-refractivity contribution in [2.45, 2.75) is 174 Å². The first kappa shape index (κ1) is 49.9. The maximum absolute atomic E-state index is 13.3. The Morgan fingerprint density at radius 1 is 0.607 bits per heavy atom. The largest absolute Gasteiger partial charge is 0.460 e. The summed E-state index contributed by atoms with van der Waals surface area (Å²) >= 11 is 0. The zero-order valence-electron chi connectivity index (χ0n) is 35.2. The Kier molecular flexibility index (Phi) is 21.2. The molecule has 6 amide bonds. The van der Waals surface area contributed by atoms with Crippen molar-refractivity contribution < 1.29 is 47.8 Å². The smallest absolute Gasteiger partial charge is 0.329 e. The van der Waals surface area contributed by atoms with Crippen LogP contribution < -0.4 is 38.1 Å². The molecule has 1 aliphatic rings. The number of ether oxygens (including phenoxy) is 3. The van der Waals surface area contributed by atoms with E-state index in [1.54, 1.807) is 62.3 Å². The van der Waals surface area contributed by atoms with Gasteiger partial charge in [0.1, 0.15) is 34.9 Å². The highest BCUT2D eigenvalue weighted by molar-refractivity contribution is 5.89. The van der Waals surface area contributed by atoms with E-state index in [-0.39, 0.29) is 43.5 Å². The summed E-state index contributed by atoms with van der Waals surface area (Å²) in [4.78, 5) is 89.4. The topological polar surface area (TPSA) is 259 Å². The lowest BCUT2D eigenvalue weighted by Gasteiger charge is -2.28. The summed E-state index contributed by atoms with van der Waals surface area (Å²) in [7, 11) is 0. The number of unbranched alkanes of at least 4 members (excludes halogenated alkanes) is 2. The van der Waals surface area contributed by atoms with Crippen LogP contribution in [0.2, 0.25) is 0 Å². The van der Waals surface area contributed by atoms with E-state index in [0.29, 0.717) is 64.0 Å².